The third kappa shape index (κ3) is 8.06. The fourth-order valence-corrected chi connectivity index (χ4v) is 5.45. The van der Waals surface area contributed by atoms with Gasteiger partial charge in [0.15, 0.2) is 11.0 Å². The van der Waals surface area contributed by atoms with E-state index in [-0.39, 0.29) is 29.4 Å². The zero-order valence-electron chi connectivity index (χ0n) is 21.9. The lowest BCUT2D eigenvalue weighted by molar-refractivity contribution is -0.131. The number of halogens is 1. The number of nitrogens with one attached hydrogen (secondary N) is 2. The second-order valence-corrected chi connectivity index (χ2v) is 10.7. The molecule has 2 aliphatic carbocycles. The molecule has 0 aliphatic heterocycles. The van der Waals surface area contributed by atoms with Crippen molar-refractivity contribution in [3.05, 3.63) is 40.8 Å². The number of aromatic nitrogens is 2. The van der Waals surface area contributed by atoms with Crippen LogP contribution >= 0.6 is 11.6 Å². The van der Waals surface area contributed by atoms with Crippen LogP contribution in [0.2, 0.25) is 5.15 Å². The van der Waals surface area contributed by atoms with E-state index in [0.29, 0.717) is 18.1 Å². The van der Waals surface area contributed by atoms with Crippen molar-refractivity contribution in [1.82, 2.24) is 15.3 Å². The van der Waals surface area contributed by atoms with Crippen LogP contribution in [0.1, 0.15) is 76.1 Å². The molecule has 2 fully saturated rings. The molecule has 2 aromatic rings. The minimum absolute atomic E-state index is 0.0454. The molecule has 0 spiro atoms. The number of ether oxygens (including phenoxy) is 1. The van der Waals surface area contributed by atoms with Crippen molar-refractivity contribution >= 4 is 35.0 Å². The summed E-state index contributed by atoms with van der Waals surface area (Å²) in [5.41, 5.74) is 2.14. The second-order valence-electron chi connectivity index (χ2n) is 10.3. The molecule has 0 bridgehead atoms. The van der Waals surface area contributed by atoms with Gasteiger partial charge in [-0.15, -0.1) is 0 Å². The van der Waals surface area contributed by atoms with E-state index in [1.54, 1.807) is 11.9 Å². The molecular weight excluding hydrogens is 490 g/mol. The highest BCUT2D eigenvalue weighted by Gasteiger charge is 2.23. The van der Waals surface area contributed by atoms with Crippen molar-refractivity contribution in [2.24, 2.45) is 5.92 Å². The highest BCUT2D eigenvalue weighted by Crippen LogP contribution is 2.33. The van der Waals surface area contributed by atoms with Crippen LogP contribution < -0.4 is 20.3 Å². The summed E-state index contributed by atoms with van der Waals surface area (Å²) >= 11 is 6.44. The van der Waals surface area contributed by atoms with E-state index in [1.807, 2.05) is 0 Å². The Morgan fingerprint density at radius 3 is 2.38 bits per heavy atom. The summed E-state index contributed by atoms with van der Waals surface area (Å²) in [7, 11) is 1.73. The maximum Gasteiger partial charge on any atom is 0.308 e. The summed E-state index contributed by atoms with van der Waals surface area (Å²) in [5, 5.41) is 6.68. The van der Waals surface area contributed by atoms with Crippen LogP contribution in [0.4, 0.5) is 11.5 Å². The zero-order valence-corrected chi connectivity index (χ0v) is 22.6. The predicted octanol–water partition coefficient (Wildman–Crippen LogP) is 5.13. The molecule has 2 saturated carbocycles. The van der Waals surface area contributed by atoms with Gasteiger partial charge in [0.05, 0.1) is 6.54 Å². The minimum atomic E-state index is -0.528. The van der Waals surface area contributed by atoms with E-state index < -0.39 is 5.97 Å². The molecule has 0 atom stereocenters. The van der Waals surface area contributed by atoms with Gasteiger partial charge in [-0.3, -0.25) is 9.59 Å². The van der Waals surface area contributed by atoms with Crippen molar-refractivity contribution in [3.63, 3.8) is 0 Å². The number of carbonyl (C=O) groups excluding carboxylic acids is 2. The Hall–Kier alpha value is -2.87. The van der Waals surface area contributed by atoms with Gasteiger partial charge in [0.1, 0.15) is 5.82 Å². The van der Waals surface area contributed by atoms with Gasteiger partial charge < -0.3 is 20.3 Å². The molecule has 4 rings (SSSR count). The highest BCUT2D eigenvalue weighted by atomic mass is 35.5. The van der Waals surface area contributed by atoms with E-state index in [9.17, 15) is 9.59 Å². The monoisotopic (exact) mass is 527 g/mol. The molecule has 1 heterocycles. The Labute approximate surface area is 224 Å². The number of anilines is 2. The van der Waals surface area contributed by atoms with Crippen LogP contribution in [0.15, 0.2) is 24.3 Å². The van der Waals surface area contributed by atoms with E-state index in [1.165, 1.54) is 39.0 Å². The molecule has 0 radical (unpaired) electrons. The summed E-state index contributed by atoms with van der Waals surface area (Å²) in [6.07, 6.45) is 11.4. The molecule has 9 heteroatoms. The number of benzene rings is 1. The van der Waals surface area contributed by atoms with Crippen LogP contribution in [0.25, 0.3) is 0 Å². The number of carbonyl (C=O) groups is 2. The second kappa shape index (κ2) is 13.1. The lowest BCUT2D eigenvalue weighted by Gasteiger charge is -2.22. The lowest BCUT2D eigenvalue weighted by Crippen LogP contribution is -2.40. The molecule has 1 aromatic heterocycles. The molecule has 2 N–H and O–H groups in total. The van der Waals surface area contributed by atoms with Gasteiger partial charge in [-0.25, -0.2) is 9.97 Å². The molecule has 37 heavy (non-hydrogen) atoms. The van der Waals surface area contributed by atoms with Crippen LogP contribution in [0.3, 0.4) is 0 Å². The lowest BCUT2D eigenvalue weighted by atomic mass is 9.89. The van der Waals surface area contributed by atoms with Gasteiger partial charge in [0.25, 0.3) is 0 Å². The van der Waals surface area contributed by atoms with Crippen molar-refractivity contribution in [1.29, 1.82) is 0 Å². The number of nitrogens with zero attached hydrogens (tertiary/aromatic N) is 3. The summed E-state index contributed by atoms with van der Waals surface area (Å²) in [6.45, 7) is 2.38. The first kappa shape index (κ1) is 27.2. The summed E-state index contributed by atoms with van der Waals surface area (Å²) < 4.78 is 5.33. The molecule has 200 valence electrons. The number of hydrogen-bond donors (Lipinski definition) is 2. The average Bonchev–Trinajstić information content (AvgIpc) is 3.38. The molecule has 8 nitrogen and oxygen atoms in total. The van der Waals surface area contributed by atoms with E-state index in [2.05, 4.69) is 44.9 Å². The summed E-state index contributed by atoms with van der Waals surface area (Å²) in [4.78, 5) is 35.0. The molecule has 1 aromatic carbocycles. The quantitative estimate of drug-likeness (QED) is 0.326. The van der Waals surface area contributed by atoms with Gasteiger partial charge in [-0.1, -0.05) is 55.8 Å². The molecule has 0 unspecified atom stereocenters. The Kier molecular flexibility index (Phi) is 9.61. The van der Waals surface area contributed by atoms with Crippen LogP contribution in [-0.4, -0.2) is 48.0 Å². The van der Waals surface area contributed by atoms with Gasteiger partial charge in [0, 0.05) is 38.7 Å². The molecule has 2 aliphatic rings. The maximum absolute atomic E-state index is 12.6. The average molecular weight is 528 g/mol. The van der Waals surface area contributed by atoms with E-state index in [0.717, 1.165) is 49.4 Å². The summed E-state index contributed by atoms with van der Waals surface area (Å²) in [5.74, 6) is 1.00. The number of amides is 1. The third-order valence-electron chi connectivity index (χ3n) is 7.20. The smallest absolute Gasteiger partial charge is 0.308 e. The first-order chi connectivity index (χ1) is 17.9. The first-order valence-electron chi connectivity index (χ1n) is 13.5. The Balaban J connectivity index is 1.43. The minimum Gasteiger partial charge on any atom is -0.419 e. The Morgan fingerprint density at radius 1 is 1.03 bits per heavy atom. The molecule has 0 saturated heterocycles. The highest BCUT2D eigenvalue weighted by molar-refractivity contribution is 6.31. The number of rotatable bonds is 10. The normalized spacial score (nSPS) is 16.4. The maximum atomic E-state index is 12.6. The predicted molar refractivity (Wildman–Crippen MR) is 146 cm³/mol. The van der Waals surface area contributed by atoms with E-state index >= 15 is 0 Å². The Bertz CT molecular complexity index is 1070. The van der Waals surface area contributed by atoms with E-state index in [4.69, 9.17) is 16.3 Å². The third-order valence-corrected chi connectivity index (χ3v) is 7.45. The number of esters is 1. The van der Waals surface area contributed by atoms with Crippen LogP contribution in [0, 0.1) is 5.92 Å². The first-order valence-corrected chi connectivity index (χ1v) is 13.8. The van der Waals surface area contributed by atoms with Crippen LogP contribution in [-0.2, 0) is 16.0 Å². The Morgan fingerprint density at radius 2 is 1.70 bits per heavy atom. The number of likely N-dealkylation sites (N-methyl/N-ethyl adjacent to an activating group) is 1. The van der Waals surface area contributed by atoms with Gasteiger partial charge >= 0.3 is 5.97 Å². The largest absolute Gasteiger partial charge is 0.419 e. The topological polar surface area (TPSA) is 96.4 Å². The standard InChI is InChI=1S/C28H38ClN5O3/c1-19(35)37-26-27(29)32-24(33-28(26)34(2)18-25(36)31-23-10-6-7-11-23)16-20-12-14-22(15-13-20)30-17-21-8-4-3-5-9-21/h12-15,21,23,30H,3-11,16-18H2,1-2H3,(H,31,36). The SMILES string of the molecule is CC(=O)Oc1c(Cl)nc(Cc2ccc(NCC3CCCCC3)cc2)nc1N(C)CC(=O)NC1CCCC1. The summed E-state index contributed by atoms with van der Waals surface area (Å²) in [6, 6.07) is 8.48. The fraction of sp³-hybridized carbons (Fsp3) is 0.571. The fourth-order valence-electron chi connectivity index (χ4n) is 5.23. The van der Waals surface area contributed by atoms with Crippen molar-refractivity contribution in [2.75, 3.05) is 30.4 Å². The molecule has 1 amide bonds. The van der Waals surface area contributed by atoms with Crippen LogP contribution in [0.5, 0.6) is 5.75 Å². The van der Waals surface area contributed by atoms with Crippen molar-refractivity contribution in [3.8, 4) is 5.75 Å². The number of hydrogen-bond acceptors (Lipinski definition) is 7. The zero-order chi connectivity index (χ0) is 26.2. The molecular formula is C28H38ClN5O3. The van der Waals surface area contributed by atoms with Gasteiger partial charge in [-0.2, -0.15) is 0 Å². The van der Waals surface area contributed by atoms with Gasteiger partial charge in [0.2, 0.25) is 11.7 Å². The van der Waals surface area contributed by atoms with Gasteiger partial charge in [-0.05, 0) is 49.3 Å². The van der Waals surface area contributed by atoms with Crippen molar-refractivity contribution in [2.45, 2.75) is 77.2 Å². The van der Waals surface area contributed by atoms with Crippen molar-refractivity contribution < 1.29 is 14.3 Å².